The summed E-state index contributed by atoms with van der Waals surface area (Å²) in [4.78, 5) is 12.3. The molecule has 1 N–H and O–H groups in total. The Morgan fingerprint density at radius 2 is 1.89 bits per heavy atom. The molecule has 2 heteroatoms. The van der Waals surface area contributed by atoms with E-state index in [1.807, 2.05) is 19.1 Å². The van der Waals surface area contributed by atoms with E-state index in [1.54, 1.807) is 0 Å². The van der Waals surface area contributed by atoms with Crippen molar-refractivity contribution in [3.05, 3.63) is 35.4 Å². The maximum absolute atomic E-state index is 12.3. The van der Waals surface area contributed by atoms with Crippen LogP contribution in [0.25, 0.3) is 0 Å². The highest BCUT2D eigenvalue weighted by Gasteiger charge is 2.21. The lowest BCUT2D eigenvalue weighted by atomic mass is 10.0. The average molecular weight is 245 g/mol. The molecule has 1 fully saturated rings. The number of carbonyl (C=O) groups excluding carboxylic acids is 1. The fraction of sp³-hybridized carbons (Fsp3) is 0.562. The van der Waals surface area contributed by atoms with Crippen molar-refractivity contribution in [1.82, 2.24) is 5.32 Å². The Kier molecular flexibility index (Phi) is 4.54. The van der Waals surface area contributed by atoms with Crippen LogP contribution in [0, 0.1) is 0 Å². The molecular weight excluding hydrogens is 222 g/mol. The summed E-state index contributed by atoms with van der Waals surface area (Å²) in [6.07, 6.45) is 6.04. The van der Waals surface area contributed by atoms with Crippen LogP contribution in [0.3, 0.4) is 0 Å². The lowest BCUT2D eigenvalue weighted by molar-refractivity contribution is 0.0944. The second-order valence-corrected chi connectivity index (χ2v) is 5.28. The van der Waals surface area contributed by atoms with Crippen molar-refractivity contribution in [3.63, 3.8) is 0 Å². The summed E-state index contributed by atoms with van der Waals surface area (Å²) in [6, 6.07) is 8.48. The van der Waals surface area contributed by atoms with Crippen molar-refractivity contribution in [3.8, 4) is 0 Å². The number of aryl methyl sites for hydroxylation is 1. The van der Waals surface area contributed by atoms with Crippen LogP contribution in [-0.4, -0.2) is 17.9 Å². The first-order chi connectivity index (χ1) is 8.70. The van der Waals surface area contributed by atoms with Crippen LogP contribution < -0.4 is 5.32 Å². The fourth-order valence-electron chi connectivity index (χ4n) is 2.68. The highest BCUT2D eigenvalue weighted by Crippen LogP contribution is 2.18. The molecular formula is C16H23NO. The van der Waals surface area contributed by atoms with Crippen LogP contribution in [0.2, 0.25) is 0 Å². The first-order valence-electron chi connectivity index (χ1n) is 7.10. The lowest BCUT2D eigenvalue weighted by Gasteiger charge is -2.18. The van der Waals surface area contributed by atoms with E-state index >= 15 is 0 Å². The molecule has 1 aromatic rings. The van der Waals surface area contributed by atoms with Crippen molar-refractivity contribution in [1.29, 1.82) is 0 Å². The Morgan fingerprint density at radius 3 is 2.44 bits per heavy atom. The number of Topliss-reactive ketones (excluding diaryl/α,β-unsaturated/α-hetero) is 1. The zero-order chi connectivity index (χ0) is 13.0. The minimum absolute atomic E-state index is 0.0689. The number of benzene rings is 1. The summed E-state index contributed by atoms with van der Waals surface area (Å²) in [6.45, 7) is 4.11. The van der Waals surface area contributed by atoms with Gasteiger partial charge in [0.15, 0.2) is 5.78 Å². The predicted octanol–water partition coefficient (Wildman–Crippen LogP) is 3.35. The Hall–Kier alpha value is -1.15. The topological polar surface area (TPSA) is 29.1 Å². The molecule has 0 radical (unpaired) electrons. The average Bonchev–Trinajstić information content (AvgIpc) is 2.91. The van der Waals surface area contributed by atoms with Crippen molar-refractivity contribution in [2.75, 3.05) is 0 Å². The van der Waals surface area contributed by atoms with Crippen LogP contribution in [0.5, 0.6) is 0 Å². The number of carbonyl (C=O) groups is 1. The second-order valence-electron chi connectivity index (χ2n) is 5.28. The van der Waals surface area contributed by atoms with Gasteiger partial charge in [0.25, 0.3) is 0 Å². The maximum atomic E-state index is 12.3. The molecule has 0 aromatic heterocycles. The molecule has 0 aliphatic heterocycles. The van der Waals surface area contributed by atoms with Gasteiger partial charge in [0.2, 0.25) is 0 Å². The van der Waals surface area contributed by atoms with E-state index in [4.69, 9.17) is 0 Å². The van der Waals surface area contributed by atoms with E-state index in [9.17, 15) is 4.79 Å². The van der Waals surface area contributed by atoms with E-state index in [2.05, 4.69) is 24.4 Å². The summed E-state index contributed by atoms with van der Waals surface area (Å²) >= 11 is 0. The molecule has 0 saturated heterocycles. The third-order valence-corrected chi connectivity index (χ3v) is 3.88. The van der Waals surface area contributed by atoms with Gasteiger partial charge in [-0.15, -0.1) is 0 Å². The van der Waals surface area contributed by atoms with Crippen molar-refractivity contribution in [2.24, 2.45) is 0 Å². The molecule has 1 atom stereocenters. The molecule has 2 rings (SSSR count). The Bertz CT molecular complexity index is 390. The first-order valence-corrected chi connectivity index (χ1v) is 7.10. The summed E-state index contributed by atoms with van der Waals surface area (Å²) in [5, 5.41) is 3.46. The van der Waals surface area contributed by atoms with E-state index < -0.39 is 0 Å². The van der Waals surface area contributed by atoms with E-state index in [1.165, 1.54) is 31.2 Å². The van der Waals surface area contributed by atoms with Gasteiger partial charge in [0.1, 0.15) is 0 Å². The number of hydrogen-bond acceptors (Lipinski definition) is 2. The standard InChI is InChI=1S/C16H23NO/c1-3-13-8-10-14(11-9-13)16(18)12(2)17-15-6-4-5-7-15/h8-12,15,17H,3-7H2,1-2H3. The molecule has 1 aliphatic carbocycles. The van der Waals surface area contributed by atoms with E-state index in [0.717, 1.165) is 12.0 Å². The second kappa shape index (κ2) is 6.14. The Balaban J connectivity index is 1.95. The largest absolute Gasteiger partial charge is 0.305 e. The van der Waals surface area contributed by atoms with Gasteiger partial charge in [-0.2, -0.15) is 0 Å². The molecule has 1 saturated carbocycles. The third kappa shape index (κ3) is 3.20. The highest BCUT2D eigenvalue weighted by molar-refractivity contribution is 5.99. The van der Waals surface area contributed by atoms with Crippen molar-refractivity contribution in [2.45, 2.75) is 58.0 Å². The summed E-state index contributed by atoms with van der Waals surface area (Å²) in [5.74, 6) is 0.213. The van der Waals surface area contributed by atoms with E-state index in [0.29, 0.717) is 6.04 Å². The van der Waals surface area contributed by atoms with Gasteiger partial charge in [-0.25, -0.2) is 0 Å². The minimum atomic E-state index is -0.0689. The van der Waals surface area contributed by atoms with Gasteiger partial charge in [0.05, 0.1) is 6.04 Å². The molecule has 0 bridgehead atoms. The van der Waals surface area contributed by atoms with Gasteiger partial charge in [-0.05, 0) is 31.7 Å². The van der Waals surface area contributed by atoms with Crippen LogP contribution in [0.15, 0.2) is 24.3 Å². The molecule has 2 nitrogen and oxygen atoms in total. The number of hydrogen-bond donors (Lipinski definition) is 1. The maximum Gasteiger partial charge on any atom is 0.179 e. The number of nitrogens with one attached hydrogen (secondary N) is 1. The third-order valence-electron chi connectivity index (χ3n) is 3.88. The molecule has 98 valence electrons. The molecule has 0 amide bonds. The van der Waals surface area contributed by atoms with Gasteiger partial charge in [-0.1, -0.05) is 44.0 Å². The molecule has 0 spiro atoms. The number of ketones is 1. The normalized spacial score (nSPS) is 17.9. The number of rotatable bonds is 5. The highest BCUT2D eigenvalue weighted by atomic mass is 16.1. The molecule has 0 heterocycles. The Morgan fingerprint density at radius 1 is 1.28 bits per heavy atom. The monoisotopic (exact) mass is 245 g/mol. The van der Waals surface area contributed by atoms with Crippen molar-refractivity contribution < 1.29 is 4.79 Å². The van der Waals surface area contributed by atoms with Crippen molar-refractivity contribution >= 4 is 5.78 Å². The SMILES string of the molecule is CCc1ccc(C(=O)C(C)NC2CCCC2)cc1. The van der Waals surface area contributed by atoms with Gasteiger partial charge in [-0.3, -0.25) is 4.79 Å². The van der Waals surface area contributed by atoms with Crippen LogP contribution in [0.4, 0.5) is 0 Å². The Labute approximate surface area is 110 Å². The fourth-order valence-corrected chi connectivity index (χ4v) is 2.68. The van der Waals surface area contributed by atoms with Crippen LogP contribution in [-0.2, 0) is 6.42 Å². The van der Waals surface area contributed by atoms with Gasteiger partial charge in [0, 0.05) is 11.6 Å². The van der Waals surface area contributed by atoms with Crippen LogP contribution >= 0.6 is 0 Å². The van der Waals surface area contributed by atoms with Crippen LogP contribution in [0.1, 0.15) is 55.5 Å². The summed E-state index contributed by atoms with van der Waals surface area (Å²) < 4.78 is 0. The summed E-state index contributed by atoms with van der Waals surface area (Å²) in [5.41, 5.74) is 2.10. The first kappa shape index (κ1) is 13.3. The smallest absolute Gasteiger partial charge is 0.179 e. The molecule has 1 aromatic carbocycles. The van der Waals surface area contributed by atoms with Gasteiger partial charge >= 0.3 is 0 Å². The minimum Gasteiger partial charge on any atom is -0.305 e. The summed E-state index contributed by atoms with van der Waals surface area (Å²) in [7, 11) is 0. The zero-order valence-corrected chi connectivity index (χ0v) is 11.4. The lowest BCUT2D eigenvalue weighted by Crippen LogP contribution is -2.40. The molecule has 18 heavy (non-hydrogen) atoms. The van der Waals surface area contributed by atoms with Gasteiger partial charge < -0.3 is 5.32 Å². The molecule has 1 unspecified atom stereocenters. The zero-order valence-electron chi connectivity index (χ0n) is 11.4. The molecule has 1 aliphatic rings. The van der Waals surface area contributed by atoms with E-state index in [-0.39, 0.29) is 11.8 Å². The quantitative estimate of drug-likeness (QED) is 0.806. The predicted molar refractivity (Wildman–Crippen MR) is 75.0 cm³/mol.